The first-order valence-electron chi connectivity index (χ1n) is 11.1. The van der Waals surface area contributed by atoms with E-state index in [2.05, 4.69) is 65.5 Å². The van der Waals surface area contributed by atoms with Crippen molar-refractivity contribution >= 4 is 5.91 Å². The Bertz CT molecular complexity index is 1070. The van der Waals surface area contributed by atoms with E-state index in [1.54, 1.807) is 19.0 Å². The SMILES string of the molecule is Cc1ccc(-c2cccc(C[C@]3(C(=O)N(C)C)CN(Cc4cnn(C)c4)CCO3)c2)cc1. The lowest BCUT2D eigenvalue weighted by Gasteiger charge is -2.43. The van der Waals surface area contributed by atoms with Crippen LogP contribution in [0.5, 0.6) is 0 Å². The molecule has 6 heteroatoms. The molecular formula is C26H32N4O2. The van der Waals surface area contributed by atoms with Crippen molar-refractivity contribution in [2.24, 2.45) is 7.05 Å². The zero-order valence-electron chi connectivity index (χ0n) is 19.4. The fourth-order valence-electron chi connectivity index (χ4n) is 4.46. The first-order chi connectivity index (χ1) is 15.3. The molecule has 0 unspecified atom stereocenters. The first kappa shape index (κ1) is 22.2. The zero-order chi connectivity index (χ0) is 22.7. The Morgan fingerprint density at radius 2 is 1.91 bits per heavy atom. The third-order valence-corrected chi connectivity index (χ3v) is 6.03. The molecule has 6 nitrogen and oxygen atoms in total. The minimum absolute atomic E-state index is 0.00845. The number of hydrogen-bond donors (Lipinski definition) is 0. The molecule has 0 radical (unpaired) electrons. The number of likely N-dealkylation sites (N-methyl/N-ethyl adjacent to an activating group) is 1. The Kier molecular flexibility index (Phi) is 6.44. The summed E-state index contributed by atoms with van der Waals surface area (Å²) in [5.74, 6) is 0.00845. The highest BCUT2D eigenvalue weighted by molar-refractivity contribution is 5.86. The van der Waals surface area contributed by atoms with Crippen molar-refractivity contribution < 1.29 is 9.53 Å². The van der Waals surface area contributed by atoms with Crippen LogP contribution in [-0.2, 0) is 29.5 Å². The summed E-state index contributed by atoms with van der Waals surface area (Å²) in [5, 5.41) is 4.28. The van der Waals surface area contributed by atoms with E-state index in [-0.39, 0.29) is 5.91 Å². The van der Waals surface area contributed by atoms with Gasteiger partial charge in [0.1, 0.15) is 0 Å². The quantitative estimate of drug-likeness (QED) is 0.600. The van der Waals surface area contributed by atoms with Crippen LogP contribution in [0.25, 0.3) is 11.1 Å². The van der Waals surface area contributed by atoms with Gasteiger partial charge in [0.25, 0.3) is 5.91 Å². The number of benzene rings is 2. The van der Waals surface area contributed by atoms with Crippen molar-refractivity contribution in [1.82, 2.24) is 19.6 Å². The number of nitrogens with zero attached hydrogens (tertiary/aromatic N) is 4. The maximum absolute atomic E-state index is 13.4. The summed E-state index contributed by atoms with van der Waals surface area (Å²) in [6, 6.07) is 17.0. The van der Waals surface area contributed by atoms with Crippen LogP contribution in [0, 0.1) is 6.92 Å². The third-order valence-electron chi connectivity index (χ3n) is 6.03. The second-order valence-electron chi connectivity index (χ2n) is 9.02. The lowest BCUT2D eigenvalue weighted by molar-refractivity contribution is -0.169. The Balaban J connectivity index is 1.60. The lowest BCUT2D eigenvalue weighted by Crippen LogP contribution is -2.60. The Labute approximate surface area is 190 Å². The number of amides is 1. The predicted molar refractivity (Wildman–Crippen MR) is 126 cm³/mol. The number of ether oxygens (including phenoxy) is 1. The van der Waals surface area contributed by atoms with Gasteiger partial charge in [0, 0.05) is 59.0 Å². The van der Waals surface area contributed by atoms with Gasteiger partial charge in [-0.25, -0.2) is 0 Å². The summed E-state index contributed by atoms with van der Waals surface area (Å²) in [5.41, 5.74) is 4.90. The van der Waals surface area contributed by atoms with E-state index in [0.717, 1.165) is 29.8 Å². The van der Waals surface area contributed by atoms with Gasteiger partial charge in [-0.3, -0.25) is 14.4 Å². The molecule has 4 rings (SSSR count). The van der Waals surface area contributed by atoms with E-state index < -0.39 is 5.60 Å². The van der Waals surface area contributed by atoms with Gasteiger partial charge in [-0.2, -0.15) is 5.10 Å². The first-order valence-corrected chi connectivity index (χ1v) is 11.1. The molecule has 0 saturated carbocycles. The molecule has 1 fully saturated rings. The van der Waals surface area contributed by atoms with Crippen LogP contribution in [0.4, 0.5) is 0 Å². The van der Waals surface area contributed by atoms with E-state index in [1.165, 1.54) is 11.1 Å². The minimum atomic E-state index is -0.907. The molecule has 32 heavy (non-hydrogen) atoms. The number of carbonyl (C=O) groups excluding carboxylic acids is 1. The zero-order valence-corrected chi connectivity index (χ0v) is 19.4. The molecule has 1 amide bonds. The van der Waals surface area contributed by atoms with Gasteiger partial charge < -0.3 is 9.64 Å². The van der Waals surface area contributed by atoms with Crippen molar-refractivity contribution in [1.29, 1.82) is 0 Å². The van der Waals surface area contributed by atoms with Crippen molar-refractivity contribution in [2.75, 3.05) is 33.8 Å². The molecule has 1 atom stereocenters. The summed E-state index contributed by atoms with van der Waals surface area (Å²) < 4.78 is 8.08. The molecule has 2 aromatic carbocycles. The fraction of sp³-hybridized carbons (Fsp3) is 0.385. The Morgan fingerprint density at radius 1 is 1.12 bits per heavy atom. The molecule has 0 bridgehead atoms. The van der Waals surface area contributed by atoms with Crippen molar-refractivity contribution in [3.05, 3.63) is 77.6 Å². The van der Waals surface area contributed by atoms with Crippen molar-refractivity contribution in [2.45, 2.75) is 25.5 Å². The number of carbonyl (C=O) groups is 1. The van der Waals surface area contributed by atoms with E-state index in [1.807, 2.05) is 24.1 Å². The average molecular weight is 433 g/mol. The van der Waals surface area contributed by atoms with Crippen molar-refractivity contribution in [3.8, 4) is 11.1 Å². The largest absolute Gasteiger partial charge is 0.362 e. The van der Waals surface area contributed by atoms with Crippen LogP contribution in [0.15, 0.2) is 60.9 Å². The monoisotopic (exact) mass is 432 g/mol. The number of morpholine rings is 1. The van der Waals surface area contributed by atoms with E-state index in [9.17, 15) is 4.79 Å². The molecule has 3 aromatic rings. The molecule has 0 spiro atoms. The summed E-state index contributed by atoms with van der Waals surface area (Å²) in [7, 11) is 5.52. The average Bonchev–Trinajstić information content (AvgIpc) is 3.18. The highest BCUT2D eigenvalue weighted by Gasteiger charge is 2.44. The smallest absolute Gasteiger partial charge is 0.255 e. The number of aryl methyl sites for hydroxylation is 2. The molecule has 1 aromatic heterocycles. The highest BCUT2D eigenvalue weighted by Crippen LogP contribution is 2.29. The number of hydrogen-bond acceptors (Lipinski definition) is 4. The van der Waals surface area contributed by atoms with Gasteiger partial charge in [-0.15, -0.1) is 0 Å². The summed E-state index contributed by atoms with van der Waals surface area (Å²) >= 11 is 0. The fourth-order valence-corrected chi connectivity index (χ4v) is 4.46. The normalized spacial score (nSPS) is 19.1. The molecule has 2 heterocycles. The molecule has 0 aliphatic carbocycles. The van der Waals surface area contributed by atoms with E-state index >= 15 is 0 Å². The van der Waals surface area contributed by atoms with Crippen LogP contribution in [0.3, 0.4) is 0 Å². The predicted octanol–water partition coefficient (Wildman–Crippen LogP) is 3.30. The van der Waals surface area contributed by atoms with Crippen LogP contribution >= 0.6 is 0 Å². The third kappa shape index (κ3) is 4.92. The topological polar surface area (TPSA) is 50.6 Å². The van der Waals surface area contributed by atoms with Crippen LogP contribution in [-0.4, -0.2) is 64.9 Å². The molecule has 1 saturated heterocycles. The van der Waals surface area contributed by atoms with Gasteiger partial charge in [0.2, 0.25) is 0 Å². The Hall–Kier alpha value is -2.96. The maximum atomic E-state index is 13.4. The van der Waals surface area contributed by atoms with Gasteiger partial charge in [0.05, 0.1) is 12.8 Å². The molecule has 0 N–H and O–H groups in total. The lowest BCUT2D eigenvalue weighted by atomic mass is 9.89. The van der Waals surface area contributed by atoms with Gasteiger partial charge in [0.15, 0.2) is 5.60 Å². The van der Waals surface area contributed by atoms with Crippen LogP contribution in [0.2, 0.25) is 0 Å². The maximum Gasteiger partial charge on any atom is 0.255 e. The summed E-state index contributed by atoms with van der Waals surface area (Å²) in [4.78, 5) is 17.3. The van der Waals surface area contributed by atoms with Crippen LogP contribution < -0.4 is 0 Å². The second kappa shape index (κ2) is 9.27. The minimum Gasteiger partial charge on any atom is -0.362 e. The molecule has 1 aliphatic heterocycles. The molecule has 1 aliphatic rings. The molecular weight excluding hydrogens is 400 g/mol. The van der Waals surface area contributed by atoms with E-state index in [0.29, 0.717) is 19.6 Å². The molecule has 168 valence electrons. The standard InChI is InChI=1S/C26H32N4O2/c1-20-8-10-23(11-9-20)24-7-5-6-21(14-24)15-26(25(31)28(2)3)19-30(12-13-32-26)18-22-16-27-29(4)17-22/h5-11,14,16-17H,12-13,15,18-19H2,1-4H3/t26-/m1/s1. The second-order valence-corrected chi connectivity index (χ2v) is 9.02. The number of aromatic nitrogens is 2. The van der Waals surface area contributed by atoms with E-state index in [4.69, 9.17) is 4.74 Å². The van der Waals surface area contributed by atoms with Gasteiger partial charge >= 0.3 is 0 Å². The number of rotatable bonds is 6. The van der Waals surface area contributed by atoms with Gasteiger partial charge in [-0.1, -0.05) is 54.1 Å². The van der Waals surface area contributed by atoms with Crippen molar-refractivity contribution in [3.63, 3.8) is 0 Å². The van der Waals surface area contributed by atoms with Gasteiger partial charge in [-0.05, 0) is 23.6 Å². The summed E-state index contributed by atoms with van der Waals surface area (Å²) in [6.45, 7) is 4.71. The highest BCUT2D eigenvalue weighted by atomic mass is 16.5. The van der Waals surface area contributed by atoms with Crippen LogP contribution in [0.1, 0.15) is 16.7 Å². The Morgan fingerprint density at radius 3 is 2.59 bits per heavy atom. The summed E-state index contributed by atoms with van der Waals surface area (Å²) in [6.07, 6.45) is 4.44.